The van der Waals surface area contributed by atoms with Crippen LogP contribution in [0.4, 0.5) is 13.2 Å². The number of carbonyl (C=O) groups excluding carboxylic acids is 1. The summed E-state index contributed by atoms with van der Waals surface area (Å²) in [4.78, 5) is 12.4. The van der Waals surface area contributed by atoms with Gasteiger partial charge in [-0.3, -0.25) is 0 Å². The van der Waals surface area contributed by atoms with Crippen LogP contribution in [0.15, 0.2) is 42.5 Å². The molecule has 0 atom stereocenters. The maximum absolute atomic E-state index is 14.8. The van der Waals surface area contributed by atoms with Crippen molar-refractivity contribution in [3.63, 3.8) is 0 Å². The highest BCUT2D eigenvalue weighted by molar-refractivity contribution is 5.97. The van der Waals surface area contributed by atoms with Gasteiger partial charge in [0.15, 0.2) is 17.5 Å². The number of benzene rings is 2. The molecule has 0 aliphatic rings. The summed E-state index contributed by atoms with van der Waals surface area (Å²) in [5.41, 5.74) is 1.10. The van der Waals surface area contributed by atoms with Crippen molar-refractivity contribution >= 4 is 5.97 Å². The van der Waals surface area contributed by atoms with E-state index in [1.165, 1.54) is 11.5 Å². The summed E-state index contributed by atoms with van der Waals surface area (Å²) >= 11 is 0. The number of ether oxygens (including phenoxy) is 1. The second-order valence-electron chi connectivity index (χ2n) is 6.10. The molecule has 0 aliphatic heterocycles. The van der Waals surface area contributed by atoms with Gasteiger partial charge in [-0.25, -0.2) is 18.0 Å². The van der Waals surface area contributed by atoms with Crippen molar-refractivity contribution in [3.8, 4) is 16.9 Å². The summed E-state index contributed by atoms with van der Waals surface area (Å²) < 4.78 is 49.1. The smallest absolute Gasteiger partial charge is 0.340 e. The van der Waals surface area contributed by atoms with Gasteiger partial charge in [-0.1, -0.05) is 30.3 Å². The molecular weight excluding hydrogens is 355 g/mol. The number of halogens is 3. The number of hydrogen-bond donors (Lipinski definition) is 0. The third-order valence-electron chi connectivity index (χ3n) is 4.32. The van der Waals surface area contributed by atoms with E-state index in [0.29, 0.717) is 17.0 Å². The minimum atomic E-state index is -1.23. The number of nitrogens with zero attached hydrogens (tertiary/aromatic N) is 1. The molecule has 3 rings (SSSR count). The highest BCUT2D eigenvalue weighted by atomic mass is 19.2. The van der Waals surface area contributed by atoms with E-state index in [1.807, 2.05) is 0 Å². The molecule has 0 saturated heterocycles. The third-order valence-corrected chi connectivity index (χ3v) is 4.32. The fraction of sp³-hybridized carbons (Fsp3) is 0.190. The molecule has 6 heteroatoms. The Morgan fingerprint density at radius 2 is 1.70 bits per heavy atom. The lowest BCUT2D eigenvalue weighted by atomic mass is 10.1. The van der Waals surface area contributed by atoms with Crippen molar-refractivity contribution in [1.82, 2.24) is 4.57 Å². The quantitative estimate of drug-likeness (QED) is 0.456. The van der Waals surface area contributed by atoms with Crippen LogP contribution in [0.5, 0.6) is 0 Å². The van der Waals surface area contributed by atoms with Crippen LogP contribution in [-0.4, -0.2) is 17.1 Å². The molecular formula is C21H18F3NO2. The van der Waals surface area contributed by atoms with Gasteiger partial charge in [0.05, 0.1) is 23.6 Å². The molecule has 1 aromatic heterocycles. The van der Waals surface area contributed by atoms with E-state index < -0.39 is 29.0 Å². The van der Waals surface area contributed by atoms with Gasteiger partial charge in [0, 0.05) is 17.3 Å². The lowest BCUT2D eigenvalue weighted by Crippen LogP contribution is -2.09. The molecule has 0 fully saturated rings. The van der Waals surface area contributed by atoms with Crippen LogP contribution in [0.2, 0.25) is 0 Å². The third kappa shape index (κ3) is 3.23. The van der Waals surface area contributed by atoms with Gasteiger partial charge in [0.1, 0.15) is 0 Å². The van der Waals surface area contributed by atoms with Crippen LogP contribution in [0.3, 0.4) is 0 Å². The van der Waals surface area contributed by atoms with Crippen molar-refractivity contribution < 1.29 is 22.7 Å². The summed E-state index contributed by atoms with van der Waals surface area (Å²) in [7, 11) is 0. The second-order valence-corrected chi connectivity index (χ2v) is 6.10. The van der Waals surface area contributed by atoms with Crippen LogP contribution in [-0.2, 0) is 4.74 Å². The lowest BCUT2D eigenvalue weighted by Gasteiger charge is -2.16. The zero-order chi connectivity index (χ0) is 19.7. The van der Waals surface area contributed by atoms with E-state index in [4.69, 9.17) is 4.74 Å². The topological polar surface area (TPSA) is 31.2 Å². The highest BCUT2D eigenvalue weighted by Crippen LogP contribution is 2.34. The Balaban J connectivity index is 2.36. The predicted molar refractivity (Wildman–Crippen MR) is 96.5 cm³/mol. The Morgan fingerprint density at radius 3 is 2.33 bits per heavy atom. The first-order chi connectivity index (χ1) is 12.9. The summed E-state index contributed by atoms with van der Waals surface area (Å²) in [5, 5.41) is 0. The number of esters is 1. The average Bonchev–Trinajstić information content (AvgIpc) is 3.01. The maximum atomic E-state index is 14.8. The molecule has 2 aromatic carbocycles. The Morgan fingerprint density at radius 1 is 1.04 bits per heavy atom. The standard InChI is InChI=1S/C21H18F3NO2/c1-4-27-21(26)15-10-12(2)25(20(15)14-8-6-5-7-9-14)17-11-16(22)18(23)13(3)19(17)24/h5-11H,4H2,1-3H3. The lowest BCUT2D eigenvalue weighted by molar-refractivity contribution is 0.0527. The number of aryl methyl sites for hydroxylation is 1. The van der Waals surface area contributed by atoms with Crippen LogP contribution < -0.4 is 0 Å². The van der Waals surface area contributed by atoms with E-state index in [1.54, 1.807) is 50.2 Å². The van der Waals surface area contributed by atoms with Crippen LogP contribution in [0, 0.1) is 31.3 Å². The molecule has 27 heavy (non-hydrogen) atoms. The Hall–Kier alpha value is -3.02. The normalized spacial score (nSPS) is 10.9. The summed E-state index contributed by atoms with van der Waals surface area (Å²) in [6.07, 6.45) is 0. The van der Waals surface area contributed by atoms with Crippen molar-refractivity contribution in [2.24, 2.45) is 0 Å². The molecule has 0 aliphatic carbocycles. The second kappa shape index (κ2) is 7.31. The van der Waals surface area contributed by atoms with Gasteiger partial charge in [0.2, 0.25) is 0 Å². The van der Waals surface area contributed by atoms with Gasteiger partial charge in [0.25, 0.3) is 0 Å². The average molecular weight is 373 g/mol. The summed E-state index contributed by atoms with van der Waals surface area (Å²) in [5.74, 6) is -3.85. The monoisotopic (exact) mass is 373 g/mol. The molecule has 0 spiro atoms. The molecule has 0 bridgehead atoms. The minimum absolute atomic E-state index is 0.168. The van der Waals surface area contributed by atoms with Crippen LogP contribution >= 0.6 is 0 Å². The first kappa shape index (κ1) is 18.8. The zero-order valence-electron chi connectivity index (χ0n) is 15.1. The molecule has 0 radical (unpaired) electrons. The molecule has 140 valence electrons. The zero-order valence-corrected chi connectivity index (χ0v) is 15.1. The maximum Gasteiger partial charge on any atom is 0.340 e. The molecule has 0 N–H and O–H groups in total. The largest absolute Gasteiger partial charge is 0.462 e. The van der Waals surface area contributed by atoms with Crippen LogP contribution in [0.1, 0.15) is 28.5 Å². The van der Waals surface area contributed by atoms with Gasteiger partial charge in [-0.15, -0.1) is 0 Å². The number of carbonyl (C=O) groups is 1. The summed E-state index contributed by atoms with van der Waals surface area (Å²) in [6.45, 7) is 4.69. The molecule has 0 saturated carbocycles. The fourth-order valence-electron chi connectivity index (χ4n) is 3.07. The van der Waals surface area contributed by atoms with E-state index in [2.05, 4.69) is 0 Å². The van der Waals surface area contributed by atoms with Crippen molar-refractivity contribution in [3.05, 3.63) is 76.7 Å². The minimum Gasteiger partial charge on any atom is -0.462 e. The number of hydrogen-bond acceptors (Lipinski definition) is 2. The Labute approximate surface area is 155 Å². The molecule has 0 amide bonds. The fourth-order valence-corrected chi connectivity index (χ4v) is 3.07. The SMILES string of the molecule is CCOC(=O)c1cc(C)n(-c2cc(F)c(F)c(C)c2F)c1-c1ccccc1. The molecule has 0 unspecified atom stereocenters. The van der Waals surface area contributed by atoms with Crippen molar-refractivity contribution in [2.45, 2.75) is 20.8 Å². The van der Waals surface area contributed by atoms with Gasteiger partial charge >= 0.3 is 5.97 Å². The van der Waals surface area contributed by atoms with Crippen molar-refractivity contribution in [1.29, 1.82) is 0 Å². The van der Waals surface area contributed by atoms with E-state index in [0.717, 1.165) is 6.07 Å². The molecule has 3 aromatic rings. The summed E-state index contributed by atoms with van der Waals surface area (Å²) in [6, 6.07) is 11.2. The van der Waals surface area contributed by atoms with E-state index in [9.17, 15) is 18.0 Å². The first-order valence-corrected chi connectivity index (χ1v) is 8.46. The van der Waals surface area contributed by atoms with Crippen molar-refractivity contribution in [2.75, 3.05) is 6.61 Å². The molecule has 3 nitrogen and oxygen atoms in total. The van der Waals surface area contributed by atoms with Gasteiger partial charge < -0.3 is 9.30 Å². The Bertz CT molecular complexity index is 1010. The predicted octanol–water partition coefficient (Wildman–Crippen LogP) is 5.36. The van der Waals surface area contributed by atoms with E-state index >= 15 is 0 Å². The van der Waals surface area contributed by atoms with Gasteiger partial charge in [-0.2, -0.15) is 0 Å². The molecule has 1 heterocycles. The van der Waals surface area contributed by atoms with Crippen LogP contribution in [0.25, 0.3) is 16.9 Å². The highest BCUT2D eigenvalue weighted by Gasteiger charge is 2.25. The van der Waals surface area contributed by atoms with E-state index in [-0.39, 0.29) is 17.9 Å². The number of rotatable bonds is 4. The van der Waals surface area contributed by atoms with Gasteiger partial charge in [-0.05, 0) is 32.4 Å². The number of aromatic nitrogens is 1. The Kier molecular flexibility index (Phi) is 5.08. The first-order valence-electron chi connectivity index (χ1n) is 8.46.